The van der Waals surface area contributed by atoms with Crippen LogP contribution in [0, 0.1) is 19.8 Å². The number of carbonyl (C=O) groups is 1. The lowest BCUT2D eigenvalue weighted by Crippen LogP contribution is -2.30. The second kappa shape index (κ2) is 7.72. The summed E-state index contributed by atoms with van der Waals surface area (Å²) >= 11 is 0. The quantitative estimate of drug-likeness (QED) is 0.740. The Hall–Kier alpha value is -2.73. The van der Waals surface area contributed by atoms with Crippen LogP contribution in [-0.4, -0.2) is 49.9 Å². The molecule has 1 aliphatic rings. The lowest BCUT2D eigenvalue weighted by atomic mass is 9.99. The fourth-order valence-electron chi connectivity index (χ4n) is 4.01. The van der Waals surface area contributed by atoms with E-state index in [9.17, 15) is 9.90 Å². The van der Waals surface area contributed by atoms with Crippen molar-refractivity contribution in [2.24, 2.45) is 5.92 Å². The van der Waals surface area contributed by atoms with Crippen LogP contribution in [0.15, 0.2) is 42.5 Å². The number of rotatable bonds is 5. The van der Waals surface area contributed by atoms with Gasteiger partial charge in [0.2, 0.25) is 5.91 Å². The molecule has 6 nitrogen and oxygen atoms in total. The average molecular weight is 378 g/mol. The Morgan fingerprint density at radius 3 is 2.79 bits per heavy atom. The molecule has 0 radical (unpaired) electrons. The van der Waals surface area contributed by atoms with Crippen LogP contribution >= 0.6 is 0 Å². The van der Waals surface area contributed by atoms with Crippen molar-refractivity contribution in [2.75, 3.05) is 13.1 Å². The number of aryl methyl sites for hydroxylation is 3. The molecule has 1 fully saturated rings. The zero-order valence-electron chi connectivity index (χ0n) is 16.4. The van der Waals surface area contributed by atoms with Gasteiger partial charge in [0.1, 0.15) is 0 Å². The Morgan fingerprint density at radius 2 is 2.00 bits per heavy atom. The van der Waals surface area contributed by atoms with E-state index in [1.165, 1.54) is 0 Å². The summed E-state index contributed by atoms with van der Waals surface area (Å²) < 4.78 is 1.87. The lowest BCUT2D eigenvalue weighted by molar-refractivity contribution is -0.130. The van der Waals surface area contributed by atoms with Gasteiger partial charge in [-0.1, -0.05) is 24.3 Å². The van der Waals surface area contributed by atoms with E-state index in [-0.39, 0.29) is 11.8 Å². The molecule has 0 aliphatic carbocycles. The van der Waals surface area contributed by atoms with Crippen LogP contribution in [0.25, 0.3) is 10.9 Å². The molecule has 1 aromatic carbocycles. The minimum absolute atomic E-state index is 0.0197. The summed E-state index contributed by atoms with van der Waals surface area (Å²) in [4.78, 5) is 19.1. The molecule has 3 aromatic rings. The number of fused-ring (bicyclic) bond motifs is 1. The number of benzene rings is 1. The van der Waals surface area contributed by atoms with Gasteiger partial charge in [-0.2, -0.15) is 5.10 Å². The molecule has 4 rings (SSSR count). The number of β-amino-alcohol motifs (C(OH)–C–C–N with tert-alkyl or cyclic N) is 1. The van der Waals surface area contributed by atoms with Gasteiger partial charge in [0, 0.05) is 48.7 Å². The minimum Gasteiger partial charge on any atom is -0.391 e. The molecular formula is C22H26N4O2. The fraction of sp³-hybridized carbons (Fsp3) is 0.409. The molecule has 146 valence electrons. The normalized spacial score (nSPS) is 19.5. The Morgan fingerprint density at radius 1 is 1.18 bits per heavy atom. The van der Waals surface area contributed by atoms with Gasteiger partial charge in [0.25, 0.3) is 0 Å². The van der Waals surface area contributed by atoms with Crippen LogP contribution in [0.5, 0.6) is 0 Å². The first-order chi connectivity index (χ1) is 13.5. The number of hydrogen-bond donors (Lipinski definition) is 1. The highest BCUT2D eigenvalue weighted by atomic mass is 16.3. The van der Waals surface area contributed by atoms with E-state index in [2.05, 4.69) is 11.2 Å². The van der Waals surface area contributed by atoms with Gasteiger partial charge < -0.3 is 10.0 Å². The third kappa shape index (κ3) is 3.92. The van der Waals surface area contributed by atoms with Crippen molar-refractivity contribution in [3.05, 3.63) is 59.5 Å². The summed E-state index contributed by atoms with van der Waals surface area (Å²) in [5.41, 5.74) is 3.95. The standard InChI is InChI=1S/C22H26N4O2/c1-15-11-16(2)26(24-15)10-9-22(28)25-13-18(21(27)14-25)12-19-8-7-17-5-3-4-6-20(17)23-19/h3-8,11,18,21,27H,9-10,12-14H2,1-2H3/t18-,21-/m1/s1. The number of carbonyl (C=O) groups excluding carboxylic acids is 1. The first-order valence-corrected chi connectivity index (χ1v) is 9.81. The third-order valence-electron chi connectivity index (χ3n) is 5.53. The highest BCUT2D eigenvalue weighted by molar-refractivity contribution is 5.78. The van der Waals surface area contributed by atoms with Crippen molar-refractivity contribution in [3.63, 3.8) is 0 Å². The summed E-state index contributed by atoms with van der Waals surface area (Å²) in [7, 11) is 0. The molecule has 1 N–H and O–H groups in total. The fourth-order valence-corrected chi connectivity index (χ4v) is 4.01. The predicted octanol–water partition coefficient (Wildman–Crippen LogP) is 2.50. The number of aromatic nitrogens is 3. The largest absolute Gasteiger partial charge is 0.391 e. The molecule has 3 heterocycles. The summed E-state index contributed by atoms with van der Waals surface area (Å²) in [6, 6.07) is 14.1. The van der Waals surface area contributed by atoms with Gasteiger partial charge in [0.05, 0.1) is 17.3 Å². The molecule has 6 heteroatoms. The van der Waals surface area contributed by atoms with Crippen molar-refractivity contribution in [1.82, 2.24) is 19.7 Å². The average Bonchev–Trinajstić information content (AvgIpc) is 3.21. The van der Waals surface area contributed by atoms with Gasteiger partial charge in [-0.3, -0.25) is 14.5 Å². The minimum atomic E-state index is -0.508. The molecule has 1 saturated heterocycles. The molecule has 0 saturated carbocycles. The summed E-state index contributed by atoms with van der Waals surface area (Å²) in [6.45, 7) is 5.49. The maximum Gasteiger partial charge on any atom is 0.224 e. The van der Waals surface area contributed by atoms with E-state index in [0.29, 0.717) is 32.5 Å². The maximum absolute atomic E-state index is 12.6. The SMILES string of the molecule is Cc1cc(C)n(CCC(=O)N2C[C@@H](Cc3ccc4ccccc4n3)[C@H](O)C2)n1. The van der Waals surface area contributed by atoms with E-state index in [4.69, 9.17) is 4.98 Å². The second-order valence-corrected chi connectivity index (χ2v) is 7.73. The van der Waals surface area contributed by atoms with Gasteiger partial charge >= 0.3 is 0 Å². The van der Waals surface area contributed by atoms with Crippen molar-refractivity contribution in [3.8, 4) is 0 Å². The van der Waals surface area contributed by atoms with Crippen LogP contribution < -0.4 is 0 Å². The third-order valence-corrected chi connectivity index (χ3v) is 5.53. The Kier molecular flexibility index (Phi) is 5.13. The monoisotopic (exact) mass is 378 g/mol. The van der Waals surface area contributed by atoms with Crippen LogP contribution in [0.2, 0.25) is 0 Å². The Balaban J connectivity index is 1.36. The first kappa shape index (κ1) is 18.6. The highest BCUT2D eigenvalue weighted by Crippen LogP contribution is 2.23. The maximum atomic E-state index is 12.6. The summed E-state index contributed by atoms with van der Waals surface area (Å²) in [5, 5.41) is 16.0. The highest BCUT2D eigenvalue weighted by Gasteiger charge is 2.34. The molecule has 0 spiro atoms. The number of amides is 1. The number of likely N-dealkylation sites (tertiary alicyclic amines) is 1. The van der Waals surface area contributed by atoms with Crippen LogP contribution in [0.4, 0.5) is 0 Å². The zero-order valence-corrected chi connectivity index (χ0v) is 16.4. The molecule has 1 aliphatic heterocycles. The second-order valence-electron chi connectivity index (χ2n) is 7.73. The summed E-state index contributed by atoms with van der Waals surface area (Å²) in [5.74, 6) is 0.0897. The van der Waals surface area contributed by atoms with Gasteiger partial charge in [-0.05, 0) is 38.5 Å². The molecule has 28 heavy (non-hydrogen) atoms. The molecule has 1 amide bonds. The number of aliphatic hydroxyl groups is 1. The Bertz CT molecular complexity index is 997. The number of para-hydroxylation sites is 1. The van der Waals surface area contributed by atoms with Crippen molar-refractivity contribution < 1.29 is 9.90 Å². The van der Waals surface area contributed by atoms with E-state index in [1.807, 2.05) is 54.9 Å². The topological polar surface area (TPSA) is 71.2 Å². The zero-order chi connectivity index (χ0) is 19.7. The van der Waals surface area contributed by atoms with Crippen molar-refractivity contribution in [2.45, 2.75) is 39.3 Å². The van der Waals surface area contributed by atoms with Crippen LogP contribution in [0.3, 0.4) is 0 Å². The first-order valence-electron chi connectivity index (χ1n) is 9.81. The lowest BCUT2D eigenvalue weighted by Gasteiger charge is -2.16. The molecule has 0 bridgehead atoms. The molecular weight excluding hydrogens is 352 g/mol. The number of nitrogens with zero attached hydrogens (tertiary/aromatic N) is 4. The van der Waals surface area contributed by atoms with Gasteiger partial charge in [0.15, 0.2) is 0 Å². The summed E-state index contributed by atoms with van der Waals surface area (Å²) in [6.07, 6.45) is 0.564. The number of hydrogen-bond acceptors (Lipinski definition) is 4. The van der Waals surface area contributed by atoms with Crippen molar-refractivity contribution >= 4 is 16.8 Å². The van der Waals surface area contributed by atoms with Gasteiger partial charge in [-0.15, -0.1) is 0 Å². The predicted molar refractivity (Wildman–Crippen MR) is 108 cm³/mol. The smallest absolute Gasteiger partial charge is 0.224 e. The van der Waals surface area contributed by atoms with Crippen LogP contribution in [-0.2, 0) is 17.8 Å². The van der Waals surface area contributed by atoms with Gasteiger partial charge in [-0.25, -0.2) is 0 Å². The van der Waals surface area contributed by atoms with E-state index in [0.717, 1.165) is 28.0 Å². The number of aliphatic hydroxyl groups excluding tert-OH is 1. The van der Waals surface area contributed by atoms with E-state index < -0.39 is 6.10 Å². The molecule has 2 aromatic heterocycles. The molecule has 2 atom stereocenters. The van der Waals surface area contributed by atoms with Crippen molar-refractivity contribution in [1.29, 1.82) is 0 Å². The van der Waals surface area contributed by atoms with E-state index >= 15 is 0 Å². The number of pyridine rings is 1. The van der Waals surface area contributed by atoms with Crippen LogP contribution in [0.1, 0.15) is 23.5 Å². The van der Waals surface area contributed by atoms with E-state index in [1.54, 1.807) is 4.90 Å². The molecule has 0 unspecified atom stereocenters. The Labute approximate surface area is 164 Å².